The van der Waals surface area contributed by atoms with Crippen LogP contribution in [0.5, 0.6) is 11.5 Å². The van der Waals surface area contributed by atoms with Crippen LogP contribution in [0.3, 0.4) is 0 Å². The number of hydrogen-bond donors (Lipinski definition) is 7. The van der Waals surface area contributed by atoms with Crippen LogP contribution in [-0.4, -0.2) is 225 Å². The molecule has 2 saturated heterocycles. The number of amides is 10. The van der Waals surface area contributed by atoms with Crippen molar-refractivity contribution in [1.82, 2.24) is 65.9 Å². The molecule has 1 aromatic heterocycles. The Morgan fingerprint density at radius 2 is 1.04 bits per heavy atom. The molecule has 0 spiro atoms. The third-order valence-corrected chi connectivity index (χ3v) is 23.1. The molecule has 676 valence electrons. The third-order valence-electron chi connectivity index (χ3n) is 22.6. The lowest BCUT2D eigenvalue weighted by molar-refractivity contribution is -0.145. The number of aliphatic carboxylic acids is 1. The van der Waals surface area contributed by atoms with Gasteiger partial charge in [0.2, 0.25) is 51.4 Å². The van der Waals surface area contributed by atoms with Gasteiger partial charge in [0.05, 0.1) is 30.5 Å². The fourth-order valence-corrected chi connectivity index (χ4v) is 15.8. The molecule has 0 radical (unpaired) electrons. The van der Waals surface area contributed by atoms with Crippen molar-refractivity contribution in [3.05, 3.63) is 180 Å². The number of rotatable bonds is 15. The molecule has 10 amide bonds. The van der Waals surface area contributed by atoms with E-state index < -0.39 is 182 Å². The lowest BCUT2D eigenvalue weighted by Gasteiger charge is -2.37. The fraction of sp³-hybridized carbons (Fsp3) is 0.484. The Morgan fingerprint density at radius 1 is 0.571 bits per heavy atom. The van der Waals surface area contributed by atoms with Gasteiger partial charge in [0.25, 0.3) is 5.91 Å². The quantitative estimate of drug-likeness (QED) is 0.0471. The summed E-state index contributed by atoms with van der Waals surface area (Å²) in [4.78, 5) is 180. The first-order valence-corrected chi connectivity index (χ1v) is 44.2. The Bertz CT molecular complexity index is 5320. The summed E-state index contributed by atoms with van der Waals surface area (Å²) in [7, 11) is -1.46. The summed E-state index contributed by atoms with van der Waals surface area (Å²) in [5.41, 5.74) is -1.41. The second-order valence-electron chi connectivity index (χ2n) is 37.2. The molecule has 33 heteroatoms. The minimum atomic E-state index is -4.25. The van der Waals surface area contributed by atoms with Gasteiger partial charge in [-0.25, -0.2) is 22.7 Å². The summed E-state index contributed by atoms with van der Waals surface area (Å²) in [5, 5.41) is 37.6. The van der Waals surface area contributed by atoms with Crippen molar-refractivity contribution in [3.8, 4) is 11.5 Å². The van der Waals surface area contributed by atoms with Crippen LogP contribution in [-0.2, 0) is 99.7 Å². The van der Waals surface area contributed by atoms with Gasteiger partial charge in [0.1, 0.15) is 89.9 Å². The van der Waals surface area contributed by atoms with Gasteiger partial charge in [0, 0.05) is 52.9 Å². The van der Waals surface area contributed by atoms with E-state index in [1.807, 2.05) is 89.7 Å². The number of nitrogens with zero attached hydrogens (tertiary/aromatic N) is 7. The number of benzene rings is 6. The molecule has 7 heterocycles. The maximum Gasteiger partial charge on any atom is 0.410 e. The van der Waals surface area contributed by atoms with Gasteiger partial charge in [-0.3, -0.25) is 62.5 Å². The maximum atomic E-state index is 15.6. The van der Waals surface area contributed by atoms with Gasteiger partial charge in [0.15, 0.2) is 5.78 Å². The second kappa shape index (κ2) is 40.3. The molecule has 6 aromatic carbocycles. The minimum Gasteiger partial charge on any atom is -0.490 e. The fourth-order valence-electron chi connectivity index (χ4n) is 15.3. The first-order valence-electron chi connectivity index (χ1n) is 42.3. The zero-order chi connectivity index (χ0) is 92.2. The Hall–Kier alpha value is -12.3. The number of ether oxygens (including phenoxy) is 4. The number of nitrogens with one attached hydrogen (secondary N) is 6. The Balaban J connectivity index is 0.995. The smallest absolute Gasteiger partial charge is 0.410 e. The van der Waals surface area contributed by atoms with Gasteiger partial charge in [-0.1, -0.05) is 168 Å². The predicted molar refractivity (Wildman–Crippen MR) is 471 cm³/mol. The molecule has 10 bridgehead atoms. The number of allylic oxidation sites excluding steroid dienone is 1. The molecule has 7 aromatic rings. The van der Waals surface area contributed by atoms with Crippen LogP contribution in [0, 0.1) is 22.7 Å². The first kappa shape index (κ1) is 95.9. The molecule has 0 saturated carbocycles. The number of likely N-dealkylation sites (N-methyl/N-ethyl adjacent to an activating group) is 2. The number of ketones is 1. The minimum absolute atomic E-state index is 0.0213. The van der Waals surface area contributed by atoms with E-state index in [0.717, 1.165) is 37.6 Å². The average molecular weight is 1760 g/mol. The van der Waals surface area contributed by atoms with E-state index in [-0.39, 0.29) is 82.7 Å². The maximum absolute atomic E-state index is 15.6. The molecular weight excluding hydrogens is 1640 g/mol. The van der Waals surface area contributed by atoms with Gasteiger partial charge in [-0.15, -0.1) is 5.10 Å². The van der Waals surface area contributed by atoms with Gasteiger partial charge in [-0.05, 0) is 166 Å². The molecular formula is C93H119N13O19S. The van der Waals surface area contributed by atoms with E-state index in [9.17, 15) is 42.3 Å². The van der Waals surface area contributed by atoms with Crippen molar-refractivity contribution in [2.75, 3.05) is 40.0 Å². The van der Waals surface area contributed by atoms with Crippen LogP contribution in [0.25, 0.3) is 21.5 Å². The van der Waals surface area contributed by atoms with Gasteiger partial charge in [-0.2, -0.15) is 0 Å². The molecule has 6 aliphatic rings. The number of carboxylic acid groups (broad SMARTS) is 1. The van der Waals surface area contributed by atoms with Crippen molar-refractivity contribution in [3.63, 3.8) is 0 Å². The van der Waals surface area contributed by atoms with E-state index >= 15 is 28.8 Å². The standard InChI is InChI=1S/C93H119N13O19S/c1-55(102(15)88(118)124-92(9,10)11)79(108)97-77(90(3,4)5)85(114)104-51-61-24-22-23-41-122-69-37-31-57(32-38-69)42-66(87(116)117)49-76(107)71(46-59-29-35-62-25-18-20-27-64(62)43-59)94-84(113)75-50-68(53-105(75)86(115)78(91(6,7)8)98-80(109)56(2)103(16)89(119)125-93(12,13)14)106-52-67(99-101-106)54-123-70-39-33-58(34-40-70)45-73(82(111)100-126(17,120)121)95-81(110)72(96-83(112)74(104)48-61)47-60-30-36-63-26-19-21-28-65(63)44-60/h18-23,25-40,43-44,52,55-56,61,66,68,71-75,77-78H,24,41-42,45-51,53-54H2,1-17H3,(H,94,113)(H,95,110)(H,96,112)(H,97,108)(H,98,109)(H,100,111)(H,116,117)/b23-22+/t55-,56-,61-,66+,68-,71-,72-,73-,74-,75-,77+,78+/m0/s1. The number of carbonyl (C=O) groups excluding carboxylic acids is 11. The van der Waals surface area contributed by atoms with E-state index in [1.165, 1.54) is 42.4 Å². The number of carboxylic acids is 1. The zero-order valence-corrected chi connectivity index (χ0v) is 75.5. The van der Waals surface area contributed by atoms with E-state index in [1.54, 1.807) is 150 Å². The highest BCUT2D eigenvalue weighted by Gasteiger charge is 2.49. The van der Waals surface area contributed by atoms with Crippen molar-refractivity contribution < 1.29 is 90.0 Å². The first-order chi connectivity index (χ1) is 59.0. The molecule has 0 aliphatic carbocycles. The molecule has 2 fully saturated rings. The normalized spacial score (nSPS) is 21.1. The van der Waals surface area contributed by atoms with Crippen molar-refractivity contribution >= 4 is 103 Å². The number of hydrogen-bond acceptors (Lipinski definition) is 20. The molecule has 7 N–H and O–H groups in total. The van der Waals surface area contributed by atoms with Crippen molar-refractivity contribution in [2.24, 2.45) is 22.7 Å². The van der Waals surface area contributed by atoms with E-state index in [2.05, 4.69) is 36.9 Å². The Morgan fingerprint density at radius 3 is 1.53 bits per heavy atom. The number of Topliss-reactive ketones (excluding diaryl/α,β-unsaturated/α-hetero) is 1. The molecule has 0 unspecified atom stereocenters. The molecule has 12 atom stereocenters. The number of likely N-dealkylation sites (tertiary alicyclic amines) is 2. The number of aromatic nitrogens is 3. The second-order valence-corrected chi connectivity index (χ2v) is 39.0. The number of fused-ring (bicyclic) bond motifs is 2. The molecule has 32 nitrogen and oxygen atoms in total. The lowest BCUT2D eigenvalue weighted by atomic mass is 9.85. The van der Waals surface area contributed by atoms with E-state index in [0.29, 0.717) is 28.0 Å². The van der Waals surface area contributed by atoms with Crippen LogP contribution in [0.4, 0.5) is 9.59 Å². The largest absolute Gasteiger partial charge is 0.490 e. The summed E-state index contributed by atoms with van der Waals surface area (Å²) in [6, 6.07) is 26.3. The Labute approximate surface area is 735 Å². The summed E-state index contributed by atoms with van der Waals surface area (Å²) in [6.45, 7) is 23.1. The summed E-state index contributed by atoms with van der Waals surface area (Å²) < 4.78 is 52.7. The van der Waals surface area contributed by atoms with Gasteiger partial charge < -0.3 is 60.4 Å². The van der Waals surface area contributed by atoms with Crippen LogP contribution in [0.1, 0.15) is 157 Å². The Kier molecular flexibility index (Phi) is 30.7. The number of carbonyl (C=O) groups is 12. The SMILES string of the molecule is C[C@@H](C(=O)N[C@H](C(=O)N1C[C@@H]2C[C@H]1C(=O)N[C@@H](Cc1ccc3ccccc3c1)C(=O)C[C@H](C(=O)O)Cc1ccc(cc1)OC/C=C/C[C@H]1C[C@@H](C(=O)N[C@@H](Cc3ccc4ccccc4c3)C(=O)N[C@H](C(=O)NS(C)(=O)=O)Cc3ccc(cc3)OCc3cn2nn3)N(C(=O)[C@@H](NC(=O)[C@H](C)N(C)C(=O)OC(C)(C)C)C(C)(C)C)C1)C(C)(C)C)N(C)C(=O)OC(C)(C)C. The summed E-state index contributed by atoms with van der Waals surface area (Å²) >= 11 is 0. The molecule has 6 aliphatic heterocycles. The zero-order valence-electron chi connectivity index (χ0n) is 74.7. The molecule has 126 heavy (non-hydrogen) atoms. The third kappa shape index (κ3) is 26.2. The summed E-state index contributed by atoms with van der Waals surface area (Å²) in [5.74, 6) is -9.21. The highest BCUT2D eigenvalue weighted by atomic mass is 32.2. The monoisotopic (exact) mass is 1750 g/mol. The highest BCUT2D eigenvalue weighted by molar-refractivity contribution is 7.89. The average Bonchev–Trinajstić information content (AvgIpc) is 1.56. The van der Waals surface area contributed by atoms with Crippen molar-refractivity contribution in [2.45, 2.75) is 227 Å². The lowest BCUT2D eigenvalue weighted by Crippen LogP contribution is -2.61. The molecule has 13 rings (SSSR count). The van der Waals surface area contributed by atoms with Gasteiger partial charge >= 0.3 is 18.2 Å². The van der Waals surface area contributed by atoms with E-state index in [4.69, 9.17) is 18.9 Å². The topological polar surface area (TPSA) is 412 Å². The van der Waals surface area contributed by atoms with Crippen molar-refractivity contribution in [1.29, 1.82) is 0 Å². The van der Waals surface area contributed by atoms with Crippen LogP contribution < -0.4 is 40.8 Å². The van der Waals surface area contributed by atoms with Crippen LogP contribution in [0.2, 0.25) is 0 Å². The summed E-state index contributed by atoms with van der Waals surface area (Å²) in [6.07, 6.45) is 3.35. The van der Waals surface area contributed by atoms with Crippen LogP contribution in [0.15, 0.2) is 152 Å². The highest BCUT2D eigenvalue weighted by Crippen LogP contribution is 2.35. The van der Waals surface area contributed by atoms with Crippen LogP contribution >= 0.6 is 0 Å². The predicted octanol–water partition coefficient (Wildman–Crippen LogP) is 8.89. The number of sulfonamides is 1.